The van der Waals surface area contributed by atoms with Gasteiger partial charge in [-0.3, -0.25) is 4.98 Å². The number of rotatable bonds is 3. The number of pyridine rings is 1. The van der Waals surface area contributed by atoms with Gasteiger partial charge in [0.15, 0.2) is 5.11 Å². The minimum atomic E-state index is 0.465. The molecule has 4 heteroatoms. The molecule has 0 saturated heterocycles. The average Bonchev–Trinajstić information content (AvgIpc) is 3.02. The molecule has 2 N–H and O–H groups in total. The van der Waals surface area contributed by atoms with Crippen molar-refractivity contribution in [3.05, 3.63) is 24.5 Å². The molecule has 0 spiro atoms. The summed E-state index contributed by atoms with van der Waals surface area (Å²) in [7, 11) is 0. The van der Waals surface area contributed by atoms with Crippen LogP contribution in [0.25, 0.3) is 0 Å². The Morgan fingerprint density at radius 3 is 2.95 bits per heavy atom. The van der Waals surface area contributed by atoms with Gasteiger partial charge in [0.1, 0.15) is 0 Å². The second-order valence-corrected chi connectivity index (χ2v) is 6.38. The molecule has 2 aliphatic carbocycles. The predicted molar refractivity (Wildman–Crippen MR) is 82.0 cm³/mol. The van der Waals surface area contributed by atoms with Gasteiger partial charge in [0.25, 0.3) is 0 Å². The SMILES string of the molecule is C[C@H](NC(=S)Nc1cccnc1)[C@H]1C[C@H]2CC[C@H]1C2. The quantitative estimate of drug-likeness (QED) is 0.831. The minimum Gasteiger partial charge on any atom is -0.360 e. The number of aromatic nitrogens is 1. The molecule has 0 amide bonds. The highest BCUT2D eigenvalue weighted by Gasteiger charge is 2.41. The van der Waals surface area contributed by atoms with Crippen molar-refractivity contribution >= 4 is 23.0 Å². The summed E-state index contributed by atoms with van der Waals surface area (Å²) < 4.78 is 0. The summed E-state index contributed by atoms with van der Waals surface area (Å²) >= 11 is 5.38. The summed E-state index contributed by atoms with van der Waals surface area (Å²) in [6, 6.07) is 4.35. The molecule has 2 aliphatic rings. The van der Waals surface area contributed by atoms with Crippen molar-refractivity contribution in [1.29, 1.82) is 0 Å². The molecule has 0 aromatic carbocycles. The molecule has 4 atom stereocenters. The van der Waals surface area contributed by atoms with E-state index in [1.165, 1.54) is 25.7 Å². The highest BCUT2D eigenvalue weighted by molar-refractivity contribution is 7.80. The highest BCUT2D eigenvalue weighted by Crippen LogP contribution is 2.49. The Labute approximate surface area is 120 Å². The fourth-order valence-electron chi connectivity index (χ4n) is 3.82. The van der Waals surface area contributed by atoms with E-state index in [4.69, 9.17) is 12.2 Å². The number of hydrogen-bond donors (Lipinski definition) is 2. The fourth-order valence-corrected chi connectivity index (χ4v) is 4.13. The van der Waals surface area contributed by atoms with Crippen LogP contribution in [0.1, 0.15) is 32.6 Å². The number of fused-ring (bicyclic) bond motifs is 2. The minimum absolute atomic E-state index is 0.465. The topological polar surface area (TPSA) is 37.0 Å². The lowest BCUT2D eigenvalue weighted by Gasteiger charge is -2.29. The van der Waals surface area contributed by atoms with E-state index in [-0.39, 0.29) is 0 Å². The largest absolute Gasteiger partial charge is 0.360 e. The van der Waals surface area contributed by atoms with Crippen LogP contribution in [0, 0.1) is 17.8 Å². The normalized spacial score (nSPS) is 30.1. The van der Waals surface area contributed by atoms with Gasteiger partial charge < -0.3 is 10.6 Å². The van der Waals surface area contributed by atoms with E-state index in [2.05, 4.69) is 22.5 Å². The lowest BCUT2D eigenvalue weighted by molar-refractivity contribution is 0.279. The monoisotopic (exact) mass is 275 g/mol. The van der Waals surface area contributed by atoms with Crippen molar-refractivity contribution in [1.82, 2.24) is 10.3 Å². The van der Waals surface area contributed by atoms with E-state index >= 15 is 0 Å². The van der Waals surface area contributed by atoms with E-state index in [1.807, 2.05) is 12.1 Å². The Morgan fingerprint density at radius 1 is 1.42 bits per heavy atom. The van der Waals surface area contributed by atoms with Crippen LogP contribution >= 0.6 is 12.2 Å². The van der Waals surface area contributed by atoms with E-state index in [9.17, 15) is 0 Å². The lowest BCUT2D eigenvalue weighted by atomic mass is 9.84. The molecule has 1 heterocycles. The van der Waals surface area contributed by atoms with E-state index in [0.29, 0.717) is 11.2 Å². The first kappa shape index (κ1) is 12.9. The predicted octanol–water partition coefficient (Wildman–Crippen LogP) is 3.19. The van der Waals surface area contributed by atoms with Crippen LogP contribution in [0.15, 0.2) is 24.5 Å². The molecule has 3 nitrogen and oxygen atoms in total. The van der Waals surface area contributed by atoms with Crippen molar-refractivity contribution in [2.75, 3.05) is 5.32 Å². The summed E-state index contributed by atoms with van der Waals surface area (Å²) in [4.78, 5) is 4.08. The molecule has 0 radical (unpaired) electrons. The van der Waals surface area contributed by atoms with Crippen LogP contribution in [-0.2, 0) is 0 Å². The lowest BCUT2D eigenvalue weighted by Crippen LogP contribution is -2.42. The summed E-state index contributed by atoms with van der Waals surface area (Å²) in [5.41, 5.74) is 0.945. The van der Waals surface area contributed by atoms with Crippen molar-refractivity contribution in [3.63, 3.8) is 0 Å². The van der Waals surface area contributed by atoms with Gasteiger partial charge in [0, 0.05) is 12.2 Å². The zero-order valence-electron chi connectivity index (χ0n) is 11.3. The molecule has 2 fully saturated rings. The van der Waals surface area contributed by atoms with Crippen LogP contribution < -0.4 is 10.6 Å². The molecule has 1 aromatic heterocycles. The summed E-state index contributed by atoms with van der Waals surface area (Å²) in [5.74, 6) is 2.71. The molecule has 102 valence electrons. The third-order valence-corrected chi connectivity index (χ3v) is 4.93. The third kappa shape index (κ3) is 2.89. The molecule has 0 unspecified atom stereocenters. The first-order chi connectivity index (χ1) is 9.22. The van der Waals surface area contributed by atoms with Gasteiger partial charge in [0.2, 0.25) is 0 Å². The van der Waals surface area contributed by atoms with Crippen LogP contribution in [0.3, 0.4) is 0 Å². The summed E-state index contributed by atoms with van der Waals surface area (Å²) in [6.07, 6.45) is 9.25. The molecular weight excluding hydrogens is 254 g/mol. The Bertz CT molecular complexity index is 448. The van der Waals surface area contributed by atoms with Gasteiger partial charge in [-0.05, 0) is 68.3 Å². The number of nitrogens with zero attached hydrogens (tertiary/aromatic N) is 1. The summed E-state index contributed by atoms with van der Waals surface area (Å²) in [5, 5.41) is 7.36. The van der Waals surface area contributed by atoms with Gasteiger partial charge >= 0.3 is 0 Å². The maximum absolute atomic E-state index is 5.38. The molecule has 2 bridgehead atoms. The second kappa shape index (κ2) is 5.45. The highest BCUT2D eigenvalue weighted by atomic mass is 32.1. The van der Waals surface area contributed by atoms with E-state index in [1.54, 1.807) is 12.4 Å². The van der Waals surface area contributed by atoms with Crippen molar-refractivity contribution in [2.45, 2.75) is 38.6 Å². The van der Waals surface area contributed by atoms with E-state index in [0.717, 1.165) is 23.4 Å². The van der Waals surface area contributed by atoms with Gasteiger partial charge in [0.05, 0.1) is 11.9 Å². The van der Waals surface area contributed by atoms with Crippen LogP contribution in [0.2, 0.25) is 0 Å². The number of anilines is 1. The first-order valence-corrected chi connectivity index (χ1v) is 7.60. The molecular formula is C15H21N3S. The molecule has 0 aliphatic heterocycles. The zero-order chi connectivity index (χ0) is 13.2. The maximum Gasteiger partial charge on any atom is 0.171 e. The Morgan fingerprint density at radius 2 is 2.32 bits per heavy atom. The Kier molecular flexibility index (Phi) is 3.69. The number of hydrogen-bond acceptors (Lipinski definition) is 2. The van der Waals surface area contributed by atoms with Crippen LogP contribution in [0.5, 0.6) is 0 Å². The Hall–Kier alpha value is -1.16. The van der Waals surface area contributed by atoms with Gasteiger partial charge in [-0.15, -0.1) is 0 Å². The van der Waals surface area contributed by atoms with Gasteiger partial charge in [-0.2, -0.15) is 0 Å². The molecule has 3 rings (SSSR count). The smallest absolute Gasteiger partial charge is 0.171 e. The van der Waals surface area contributed by atoms with Gasteiger partial charge in [-0.25, -0.2) is 0 Å². The summed E-state index contributed by atoms with van der Waals surface area (Å²) in [6.45, 7) is 2.27. The van der Waals surface area contributed by atoms with Crippen molar-refractivity contribution in [2.24, 2.45) is 17.8 Å². The Balaban J connectivity index is 1.52. The van der Waals surface area contributed by atoms with Gasteiger partial charge in [-0.1, -0.05) is 6.42 Å². The molecule has 1 aromatic rings. The maximum atomic E-state index is 5.38. The standard InChI is InChI=1S/C15H21N3S/c1-10(14-8-11-4-5-12(14)7-11)17-15(19)18-13-3-2-6-16-9-13/h2-3,6,9-12,14H,4-5,7-8H2,1H3,(H2,17,18,19)/t10-,11-,12-,14+/m0/s1. The van der Waals surface area contributed by atoms with Crippen LogP contribution in [0.4, 0.5) is 5.69 Å². The van der Waals surface area contributed by atoms with Crippen molar-refractivity contribution < 1.29 is 0 Å². The van der Waals surface area contributed by atoms with E-state index < -0.39 is 0 Å². The zero-order valence-corrected chi connectivity index (χ0v) is 12.1. The fraction of sp³-hybridized carbons (Fsp3) is 0.600. The van der Waals surface area contributed by atoms with Crippen molar-refractivity contribution in [3.8, 4) is 0 Å². The third-order valence-electron chi connectivity index (χ3n) is 4.71. The number of nitrogens with one attached hydrogen (secondary N) is 2. The molecule has 2 saturated carbocycles. The van der Waals surface area contributed by atoms with Crippen LogP contribution in [-0.4, -0.2) is 16.1 Å². The first-order valence-electron chi connectivity index (χ1n) is 7.20. The molecule has 19 heavy (non-hydrogen) atoms. The number of thiocarbonyl (C=S) groups is 1. The second-order valence-electron chi connectivity index (χ2n) is 5.97. The average molecular weight is 275 g/mol.